The minimum absolute atomic E-state index is 0.0228. The predicted octanol–water partition coefficient (Wildman–Crippen LogP) is 4.02. The molecule has 148 valence electrons. The Morgan fingerprint density at radius 1 is 1.07 bits per heavy atom. The lowest BCUT2D eigenvalue weighted by Gasteiger charge is -2.35. The number of nitrogens with one attached hydrogen (secondary N) is 1. The minimum atomic E-state index is 0.0228. The number of carbonyl (C=O) groups excluding carboxylic acids is 1. The molecule has 0 bridgehead atoms. The van der Waals surface area contributed by atoms with Crippen LogP contribution in [-0.2, 0) is 11.2 Å². The van der Waals surface area contributed by atoms with E-state index >= 15 is 0 Å². The number of aryl methyl sites for hydroxylation is 2. The Balaban J connectivity index is 1.47. The third kappa shape index (κ3) is 3.99. The number of fused-ring (bicyclic) bond motifs is 2. The maximum atomic E-state index is 12.6. The molecule has 0 unspecified atom stereocenters. The number of amides is 1. The Bertz CT molecular complexity index is 873. The van der Waals surface area contributed by atoms with Gasteiger partial charge in [0.15, 0.2) is 11.5 Å². The van der Waals surface area contributed by atoms with E-state index in [1.165, 1.54) is 11.1 Å². The summed E-state index contributed by atoms with van der Waals surface area (Å²) >= 11 is 0. The molecule has 0 aliphatic carbocycles. The Kier molecular flexibility index (Phi) is 5.27. The zero-order valence-electron chi connectivity index (χ0n) is 16.9. The number of benzene rings is 2. The summed E-state index contributed by atoms with van der Waals surface area (Å²) in [5.74, 6) is 1.70. The van der Waals surface area contributed by atoms with Crippen LogP contribution in [0.4, 0.5) is 5.69 Å². The summed E-state index contributed by atoms with van der Waals surface area (Å²) in [6.45, 7) is 8.86. The first-order valence-corrected chi connectivity index (χ1v) is 10.0. The summed E-state index contributed by atoms with van der Waals surface area (Å²) in [7, 11) is 0. The van der Waals surface area contributed by atoms with Gasteiger partial charge in [-0.25, -0.2) is 0 Å². The van der Waals surface area contributed by atoms with Crippen molar-refractivity contribution in [1.82, 2.24) is 4.90 Å². The highest BCUT2D eigenvalue weighted by Gasteiger charge is 2.28. The molecule has 2 heterocycles. The number of nitrogens with zero attached hydrogens (tertiary/aromatic N) is 1. The molecular weight excluding hydrogens is 352 g/mol. The zero-order chi connectivity index (χ0) is 19.7. The molecule has 1 atom stereocenters. The molecule has 0 saturated heterocycles. The Hall–Kier alpha value is -2.53. The summed E-state index contributed by atoms with van der Waals surface area (Å²) in [5, 5.41) is 3.05. The normalized spacial score (nSPS) is 18.9. The first kappa shape index (κ1) is 18.8. The van der Waals surface area contributed by atoms with Crippen LogP contribution in [0.2, 0.25) is 0 Å². The summed E-state index contributed by atoms with van der Waals surface area (Å²) in [6, 6.07) is 10.5. The van der Waals surface area contributed by atoms with E-state index in [-0.39, 0.29) is 11.9 Å². The van der Waals surface area contributed by atoms with Crippen LogP contribution in [-0.4, -0.2) is 37.1 Å². The van der Waals surface area contributed by atoms with Crippen LogP contribution in [0.15, 0.2) is 30.3 Å². The third-order valence-corrected chi connectivity index (χ3v) is 5.53. The summed E-state index contributed by atoms with van der Waals surface area (Å²) in [6.07, 6.45) is 1.81. The smallest absolute Gasteiger partial charge is 0.238 e. The van der Waals surface area contributed by atoms with Gasteiger partial charge in [0.1, 0.15) is 0 Å². The molecule has 1 N–H and O–H groups in total. The molecule has 0 fully saturated rings. The molecule has 0 spiro atoms. The number of hydrogen-bond donors (Lipinski definition) is 1. The number of hydrogen-bond acceptors (Lipinski definition) is 4. The van der Waals surface area contributed by atoms with Gasteiger partial charge in [-0.1, -0.05) is 6.07 Å². The largest absolute Gasteiger partial charge is 0.490 e. The molecule has 2 aliphatic heterocycles. The molecule has 5 nitrogen and oxygen atoms in total. The van der Waals surface area contributed by atoms with Crippen molar-refractivity contribution in [2.24, 2.45) is 0 Å². The fourth-order valence-electron chi connectivity index (χ4n) is 4.17. The molecule has 4 rings (SSSR count). The average Bonchev–Trinajstić information content (AvgIpc) is 2.86. The molecule has 0 aromatic heterocycles. The van der Waals surface area contributed by atoms with Gasteiger partial charge in [0, 0.05) is 24.7 Å². The van der Waals surface area contributed by atoms with E-state index in [1.54, 1.807) is 0 Å². The lowest BCUT2D eigenvalue weighted by Crippen LogP contribution is -2.39. The Morgan fingerprint density at radius 3 is 2.46 bits per heavy atom. The lowest BCUT2D eigenvalue weighted by molar-refractivity contribution is -0.117. The highest BCUT2D eigenvalue weighted by atomic mass is 16.5. The van der Waals surface area contributed by atoms with Gasteiger partial charge >= 0.3 is 0 Å². The summed E-state index contributed by atoms with van der Waals surface area (Å²) < 4.78 is 11.7. The van der Waals surface area contributed by atoms with Crippen molar-refractivity contribution in [3.8, 4) is 11.5 Å². The second-order valence-electron chi connectivity index (χ2n) is 7.87. The van der Waals surface area contributed by atoms with E-state index in [0.29, 0.717) is 19.8 Å². The molecule has 0 radical (unpaired) electrons. The first-order valence-electron chi connectivity index (χ1n) is 10.0. The van der Waals surface area contributed by atoms with Crippen LogP contribution in [0.1, 0.15) is 41.6 Å². The standard InChI is InChI=1S/C23H28N2O3/c1-15-9-16(2)11-19(10-15)24-23(26)14-25-6-5-18-12-21-22(13-20(18)17(25)3)28-8-4-7-27-21/h9-13,17H,4-8,14H2,1-3H3,(H,24,26)/t17-/m0/s1. The average molecular weight is 380 g/mol. The fraction of sp³-hybridized carbons (Fsp3) is 0.435. The monoisotopic (exact) mass is 380 g/mol. The lowest BCUT2D eigenvalue weighted by atomic mass is 9.93. The van der Waals surface area contributed by atoms with Crippen molar-refractivity contribution in [2.75, 3.05) is 31.6 Å². The topological polar surface area (TPSA) is 50.8 Å². The van der Waals surface area contributed by atoms with Gasteiger partial charge in [-0.3, -0.25) is 9.69 Å². The van der Waals surface area contributed by atoms with Gasteiger partial charge in [-0.2, -0.15) is 0 Å². The third-order valence-electron chi connectivity index (χ3n) is 5.53. The highest BCUT2D eigenvalue weighted by molar-refractivity contribution is 5.92. The van der Waals surface area contributed by atoms with Crippen LogP contribution >= 0.6 is 0 Å². The molecule has 2 aliphatic rings. The van der Waals surface area contributed by atoms with Crippen molar-refractivity contribution in [2.45, 2.75) is 39.7 Å². The zero-order valence-corrected chi connectivity index (χ0v) is 16.9. The molecule has 2 aromatic carbocycles. The predicted molar refractivity (Wildman–Crippen MR) is 110 cm³/mol. The first-order chi connectivity index (χ1) is 13.5. The number of ether oxygens (including phenoxy) is 2. The molecule has 5 heteroatoms. The van der Waals surface area contributed by atoms with Crippen molar-refractivity contribution in [1.29, 1.82) is 0 Å². The van der Waals surface area contributed by atoms with Gasteiger partial charge in [-0.05, 0) is 73.7 Å². The fourth-order valence-corrected chi connectivity index (χ4v) is 4.17. The number of anilines is 1. The van der Waals surface area contributed by atoms with Gasteiger partial charge in [0.05, 0.1) is 19.8 Å². The van der Waals surface area contributed by atoms with Gasteiger partial charge in [-0.15, -0.1) is 0 Å². The van der Waals surface area contributed by atoms with Gasteiger partial charge in [0.2, 0.25) is 5.91 Å². The van der Waals surface area contributed by atoms with Crippen molar-refractivity contribution in [3.05, 3.63) is 52.6 Å². The van der Waals surface area contributed by atoms with Crippen molar-refractivity contribution < 1.29 is 14.3 Å². The molecule has 28 heavy (non-hydrogen) atoms. The van der Waals surface area contributed by atoms with Gasteiger partial charge in [0.25, 0.3) is 0 Å². The number of rotatable bonds is 3. The molecule has 0 saturated carbocycles. The van der Waals surface area contributed by atoms with E-state index < -0.39 is 0 Å². The van der Waals surface area contributed by atoms with Crippen LogP contribution < -0.4 is 14.8 Å². The van der Waals surface area contributed by atoms with Crippen LogP contribution in [0.3, 0.4) is 0 Å². The van der Waals surface area contributed by atoms with E-state index in [4.69, 9.17) is 9.47 Å². The highest BCUT2D eigenvalue weighted by Crippen LogP contribution is 2.39. The second kappa shape index (κ2) is 7.84. The number of carbonyl (C=O) groups is 1. The minimum Gasteiger partial charge on any atom is -0.490 e. The van der Waals surface area contributed by atoms with Crippen LogP contribution in [0, 0.1) is 13.8 Å². The van der Waals surface area contributed by atoms with E-state index in [2.05, 4.69) is 35.3 Å². The Labute approximate surface area is 166 Å². The van der Waals surface area contributed by atoms with E-state index in [0.717, 1.165) is 47.7 Å². The second-order valence-corrected chi connectivity index (χ2v) is 7.87. The summed E-state index contributed by atoms with van der Waals surface area (Å²) in [5.41, 5.74) is 5.69. The SMILES string of the molecule is Cc1cc(C)cc(NC(=O)CN2CCc3cc4c(cc3[C@@H]2C)OCCCO4)c1. The van der Waals surface area contributed by atoms with Crippen molar-refractivity contribution >= 4 is 11.6 Å². The molecule has 1 amide bonds. The molecular formula is C23H28N2O3. The van der Waals surface area contributed by atoms with Crippen molar-refractivity contribution in [3.63, 3.8) is 0 Å². The van der Waals surface area contributed by atoms with E-state index in [1.807, 2.05) is 26.0 Å². The summed E-state index contributed by atoms with van der Waals surface area (Å²) in [4.78, 5) is 14.9. The van der Waals surface area contributed by atoms with E-state index in [9.17, 15) is 4.79 Å². The van der Waals surface area contributed by atoms with Crippen LogP contribution in [0.25, 0.3) is 0 Å². The maximum Gasteiger partial charge on any atom is 0.238 e. The molecule has 2 aromatic rings. The maximum absolute atomic E-state index is 12.6. The quantitative estimate of drug-likeness (QED) is 0.874. The van der Waals surface area contributed by atoms with Crippen LogP contribution in [0.5, 0.6) is 11.5 Å². The Morgan fingerprint density at radius 2 is 1.75 bits per heavy atom. The van der Waals surface area contributed by atoms with Gasteiger partial charge < -0.3 is 14.8 Å².